The van der Waals surface area contributed by atoms with Crippen molar-refractivity contribution in [3.05, 3.63) is 35.9 Å². The van der Waals surface area contributed by atoms with E-state index in [4.69, 9.17) is 5.11 Å². The summed E-state index contributed by atoms with van der Waals surface area (Å²) in [6, 6.07) is 10.0. The summed E-state index contributed by atoms with van der Waals surface area (Å²) in [6.45, 7) is 0.531. The lowest BCUT2D eigenvalue weighted by Gasteiger charge is -2.35. The average Bonchev–Trinajstić information content (AvgIpc) is 2.34. The van der Waals surface area contributed by atoms with E-state index in [1.807, 2.05) is 30.3 Å². The Kier molecular flexibility index (Phi) is 4.20. The molecule has 19 heavy (non-hydrogen) atoms. The molecule has 0 saturated heterocycles. The first-order chi connectivity index (χ1) is 9.15. The zero-order valence-corrected chi connectivity index (χ0v) is 10.9. The first-order valence-corrected chi connectivity index (χ1v) is 6.71. The van der Waals surface area contributed by atoms with Gasteiger partial charge in [0.1, 0.15) is 5.41 Å². The van der Waals surface area contributed by atoms with Gasteiger partial charge in [-0.15, -0.1) is 0 Å². The zero-order valence-electron chi connectivity index (χ0n) is 10.9. The van der Waals surface area contributed by atoms with Crippen LogP contribution in [-0.4, -0.2) is 23.5 Å². The van der Waals surface area contributed by atoms with E-state index in [9.17, 15) is 9.59 Å². The summed E-state index contributed by atoms with van der Waals surface area (Å²) in [5.41, 5.74) is 0.0839. The number of hydrogen-bond donors (Lipinski definition) is 2. The second kappa shape index (κ2) is 5.87. The molecule has 1 aliphatic carbocycles. The Morgan fingerprint density at radius 2 is 1.89 bits per heavy atom. The van der Waals surface area contributed by atoms with Crippen molar-refractivity contribution in [1.29, 1.82) is 0 Å². The smallest absolute Gasteiger partial charge is 0.319 e. The molecule has 0 spiro atoms. The molecule has 4 nitrogen and oxygen atoms in total. The number of carbonyl (C=O) groups excluding carboxylic acids is 1. The van der Waals surface area contributed by atoms with Crippen LogP contribution in [0.25, 0.3) is 0 Å². The maximum Gasteiger partial charge on any atom is 0.319 e. The minimum atomic E-state index is -1.15. The van der Waals surface area contributed by atoms with Gasteiger partial charge in [0.2, 0.25) is 5.91 Å². The van der Waals surface area contributed by atoms with Gasteiger partial charge in [0.05, 0.1) is 0 Å². The van der Waals surface area contributed by atoms with E-state index in [2.05, 4.69) is 5.32 Å². The van der Waals surface area contributed by atoms with Gasteiger partial charge < -0.3 is 10.4 Å². The Morgan fingerprint density at radius 3 is 2.42 bits per heavy atom. The highest BCUT2D eigenvalue weighted by Crippen LogP contribution is 2.41. The lowest BCUT2D eigenvalue weighted by Crippen LogP contribution is -2.51. The molecular weight excluding hydrogens is 242 g/mol. The van der Waals surface area contributed by atoms with Gasteiger partial charge in [-0.1, -0.05) is 36.8 Å². The Morgan fingerprint density at radius 1 is 1.21 bits per heavy atom. The summed E-state index contributed by atoms with van der Waals surface area (Å²) in [6.07, 6.45) is 3.47. The van der Waals surface area contributed by atoms with Crippen LogP contribution in [0.15, 0.2) is 30.3 Å². The summed E-state index contributed by atoms with van der Waals surface area (Å²) >= 11 is 0. The molecule has 1 saturated carbocycles. The van der Waals surface area contributed by atoms with Crippen molar-refractivity contribution in [1.82, 2.24) is 5.32 Å². The standard InChI is InChI=1S/C15H19NO3/c17-13(15(14(18)19)9-5-10-15)16-11-4-8-12-6-2-1-3-7-12/h1-3,6-7H,4-5,8-11H2,(H,16,17)(H,18,19). The van der Waals surface area contributed by atoms with E-state index in [0.717, 1.165) is 19.3 Å². The summed E-state index contributed by atoms with van der Waals surface area (Å²) in [5.74, 6) is -1.31. The fraction of sp³-hybridized carbons (Fsp3) is 0.467. The molecule has 0 aliphatic heterocycles. The molecule has 1 fully saturated rings. The fourth-order valence-corrected chi connectivity index (χ4v) is 2.38. The lowest BCUT2D eigenvalue weighted by atomic mass is 9.68. The largest absolute Gasteiger partial charge is 0.480 e. The number of rotatable bonds is 6. The number of amides is 1. The Labute approximate surface area is 112 Å². The van der Waals surface area contributed by atoms with E-state index in [1.54, 1.807) is 0 Å². The predicted molar refractivity (Wildman–Crippen MR) is 71.7 cm³/mol. The van der Waals surface area contributed by atoms with Gasteiger partial charge >= 0.3 is 5.97 Å². The van der Waals surface area contributed by atoms with Crippen molar-refractivity contribution in [2.24, 2.45) is 5.41 Å². The molecule has 1 amide bonds. The van der Waals surface area contributed by atoms with Crippen molar-refractivity contribution >= 4 is 11.9 Å². The van der Waals surface area contributed by atoms with Crippen LogP contribution in [0.5, 0.6) is 0 Å². The first-order valence-electron chi connectivity index (χ1n) is 6.71. The van der Waals surface area contributed by atoms with Gasteiger partial charge in [0, 0.05) is 6.54 Å². The minimum Gasteiger partial charge on any atom is -0.480 e. The van der Waals surface area contributed by atoms with Gasteiger partial charge in [-0.25, -0.2) is 0 Å². The molecule has 102 valence electrons. The summed E-state index contributed by atoms with van der Waals surface area (Å²) in [4.78, 5) is 23.0. The van der Waals surface area contributed by atoms with Crippen molar-refractivity contribution in [3.8, 4) is 0 Å². The maximum absolute atomic E-state index is 11.9. The minimum absolute atomic E-state index is 0.320. The molecule has 0 aromatic heterocycles. The third kappa shape index (κ3) is 2.95. The molecule has 0 unspecified atom stereocenters. The van der Waals surface area contributed by atoms with Crippen molar-refractivity contribution < 1.29 is 14.7 Å². The van der Waals surface area contributed by atoms with Gasteiger partial charge in [-0.05, 0) is 31.2 Å². The van der Waals surface area contributed by atoms with Crippen molar-refractivity contribution in [2.75, 3.05) is 6.54 Å². The predicted octanol–water partition coefficient (Wildman–Crippen LogP) is 1.99. The molecular formula is C15H19NO3. The Bertz CT molecular complexity index is 452. The highest BCUT2D eigenvalue weighted by atomic mass is 16.4. The lowest BCUT2D eigenvalue weighted by molar-refractivity contribution is -0.162. The second-order valence-corrected chi connectivity index (χ2v) is 5.09. The zero-order chi connectivity index (χ0) is 13.7. The number of nitrogens with one attached hydrogen (secondary N) is 1. The van der Waals surface area contributed by atoms with Crippen LogP contribution >= 0.6 is 0 Å². The first kappa shape index (κ1) is 13.6. The van der Waals surface area contributed by atoms with Gasteiger partial charge in [0.25, 0.3) is 0 Å². The number of carboxylic acids is 1. The normalized spacial score (nSPS) is 16.4. The number of hydrogen-bond acceptors (Lipinski definition) is 2. The third-order valence-electron chi connectivity index (χ3n) is 3.82. The molecule has 0 radical (unpaired) electrons. The van der Waals surface area contributed by atoms with E-state index < -0.39 is 11.4 Å². The summed E-state index contributed by atoms with van der Waals surface area (Å²) in [5, 5.41) is 11.9. The van der Waals surface area contributed by atoms with E-state index in [-0.39, 0.29) is 5.91 Å². The van der Waals surface area contributed by atoms with Crippen LogP contribution in [0.3, 0.4) is 0 Å². The second-order valence-electron chi connectivity index (χ2n) is 5.09. The van der Waals surface area contributed by atoms with Crippen molar-refractivity contribution in [3.63, 3.8) is 0 Å². The Balaban J connectivity index is 1.74. The molecule has 0 heterocycles. The topological polar surface area (TPSA) is 66.4 Å². The monoisotopic (exact) mass is 261 g/mol. The van der Waals surface area contributed by atoms with Crippen LogP contribution in [0.1, 0.15) is 31.2 Å². The molecule has 2 N–H and O–H groups in total. The van der Waals surface area contributed by atoms with Gasteiger partial charge in [-0.3, -0.25) is 9.59 Å². The van der Waals surface area contributed by atoms with Crippen LogP contribution < -0.4 is 5.32 Å². The SMILES string of the molecule is O=C(O)C1(C(=O)NCCCc2ccccc2)CCC1. The number of carbonyl (C=O) groups is 2. The third-order valence-corrected chi connectivity index (χ3v) is 3.82. The number of aliphatic carboxylic acids is 1. The molecule has 2 rings (SSSR count). The summed E-state index contributed by atoms with van der Waals surface area (Å²) in [7, 11) is 0. The van der Waals surface area contributed by atoms with E-state index >= 15 is 0 Å². The fourth-order valence-electron chi connectivity index (χ4n) is 2.38. The van der Waals surface area contributed by atoms with E-state index in [0.29, 0.717) is 19.4 Å². The Hall–Kier alpha value is -1.84. The quantitative estimate of drug-likeness (QED) is 0.608. The maximum atomic E-state index is 11.9. The molecule has 0 atom stereocenters. The summed E-state index contributed by atoms with van der Waals surface area (Å²) < 4.78 is 0. The molecule has 4 heteroatoms. The molecule has 1 aromatic carbocycles. The number of carboxylic acid groups (broad SMARTS) is 1. The van der Waals surface area contributed by atoms with Gasteiger partial charge in [0.15, 0.2) is 0 Å². The van der Waals surface area contributed by atoms with Crippen LogP contribution in [0.2, 0.25) is 0 Å². The van der Waals surface area contributed by atoms with Crippen LogP contribution in [-0.2, 0) is 16.0 Å². The molecule has 0 bridgehead atoms. The van der Waals surface area contributed by atoms with E-state index in [1.165, 1.54) is 5.56 Å². The van der Waals surface area contributed by atoms with Crippen LogP contribution in [0.4, 0.5) is 0 Å². The average molecular weight is 261 g/mol. The van der Waals surface area contributed by atoms with Gasteiger partial charge in [-0.2, -0.15) is 0 Å². The molecule has 1 aromatic rings. The van der Waals surface area contributed by atoms with Crippen molar-refractivity contribution in [2.45, 2.75) is 32.1 Å². The van der Waals surface area contributed by atoms with Crippen LogP contribution in [0, 0.1) is 5.41 Å². The highest BCUT2D eigenvalue weighted by molar-refractivity contribution is 6.02. The molecule has 1 aliphatic rings. The number of aryl methyl sites for hydroxylation is 1. The highest BCUT2D eigenvalue weighted by Gasteiger charge is 2.50. The number of benzene rings is 1.